The van der Waals surface area contributed by atoms with E-state index < -0.39 is 30.2 Å². The van der Waals surface area contributed by atoms with Gasteiger partial charge in [-0.05, 0) is 18.4 Å². The summed E-state index contributed by atoms with van der Waals surface area (Å²) in [5, 5.41) is 20.7. The van der Waals surface area contributed by atoms with Crippen molar-refractivity contribution in [3.05, 3.63) is 32.4 Å². The van der Waals surface area contributed by atoms with Crippen LogP contribution in [0.5, 0.6) is 0 Å². The molecule has 1 aliphatic rings. The number of nitrogens with zero attached hydrogens (tertiary/aromatic N) is 5. The van der Waals surface area contributed by atoms with Gasteiger partial charge in [0.05, 0.1) is 33.9 Å². The third-order valence-corrected chi connectivity index (χ3v) is 3.39. The summed E-state index contributed by atoms with van der Waals surface area (Å²) in [6, 6.07) is -0.683. The highest BCUT2D eigenvalue weighted by molar-refractivity contribution is 5.32. The highest BCUT2D eigenvalue weighted by Crippen LogP contribution is 2.24. The Balaban J connectivity index is 2.07. The van der Waals surface area contributed by atoms with E-state index in [1.165, 1.54) is 0 Å². The van der Waals surface area contributed by atoms with Crippen LogP contribution in [0.3, 0.4) is 0 Å². The van der Waals surface area contributed by atoms with Crippen molar-refractivity contribution in [2.45, 2.75) is 37.5 Å². The molecule has 1 aromatic rings. The summed E-state index contributed by atoms with van der Waals surface area (Å²) in [5.74, 6) is 0. The summed E-state index contributed by atoms with van der Waals surface area (Å²) in [7, 11) is -2.64. The number of nitrogens with one attached hydrogen (secondary N) is 1. The Kier molecular flexibility index (Phi) is 3.84. The Morgan fingerprint density at radius 2 is 2.67 bits per heavy atom. The smallest absolute Gasteiger partial charge is 0.309 e. The minimum absolute atomic E-state index is 0.0886. The fourth-order valence-corrected chi connectivity index (χ4v) is 2.28. The van der Waals surface area contributed by atoms with Crippen molar-refractivity contribution in [2.24, 2.45) is 5.11 Å². The Bertz CT molecular complexity index is 630. The van der Waals surface area contributed by atoms with Gasteiger partial charge in [-0.2, -0.15) is 5.10 Å². The second kappa shape index (κ2) is 7.02. The van der Waals surface area contributed by atoms with E-state index in [-0.39, 0.29) is 18.7 Å². The average molecular weight is 299 g/mol. The normalized spacial score (nSPS) is 28.6. The third kappa shape index (κ3) is 3.69. The number of methoxy groups -OCH3 is 1. The summed E-state index contributed by atoms with van der Waals surface area (Å²) in [5.41, 5.74) is 8.82. The summed E-state index contributed by atoms with van der Waals surface area (Å²) < 4.78 is 32.1. The lowest BCUT2D eigenvalue weighted by molar-refractivity contribution is -0.385. The highest BCUT2D eigenvalue weighted by atomic mass is 16.6. The number of rotatable bonds is 5. The molecule has 0 radical (unpaired) electrons. The lowest BCUT2D eigenvalue weighted by Gasteiger charge is -2.18. The van der Waals surface area contributed by atoms with Crippen LogP contribution in [0, 0.1) is 10.1 Å². The average Bonchev–Trinajstić information content (AvgIpc) is 2.86. The number of hydrogen-bond donors (Lipinski definition) is 1. The molecule has 0 amide bonds. The number of ether oxygens (including phenoxy) is 2. The standard InChI is InChI=1S/C11H16N6O4/c1-20-11-6-21-7(2-3-8(11)15-16-12)4-9-10(17(18)19)5-13-14-9/h5,7-8,11H,2-4,6H2,1H3,(H,13,14)/i1D3. The first kappa shape index (κ1) is 11.5. The number of aromatic nitrogens is 2. The van der Waals surface area contributed by atoms with Gasteiger partial charge >= 0.3 is 5.69 Å². The Hall–Kier alpha value is -2.16. The van der Waals surface area contributed by atoms with Gasteiger partial charge in [-0.15, -0.1) is 0 Å². The van der Waals surface area contributed by atoms with E-state index in [0.29, 0.717) is 18.5 Å². The van der Waals surface area contributed by atoms with E-state index in [1.807, 2.05) is 0 Å². The Morgan fingerprint density at radius 1 is 1.81 bits per heavy atom. The van der Waals surface area contributed by atoms with E-state index >= 15 is 0 Å². The van der Waals surface area contributed by atoms with Gasteiger partial charge in [0.2, 0.25) is 0 Å². The van der Waals surface area contributed by atoms with Gasteiger partial charge in [0.15, 0.2) is 0 Å². The van der Waals surface area contributed by atoms with Crippen molar-refractivity contribution in [1.29, 1.82) is 0 Å². The van der Waals surface area contributed by atoms with Crippen LogP contribution in [0.1, 0.15) is 22.6 Å². The predicted octanol–water partition coefficient (Wildman–Crippen LogP) is 1.73. The maximum absolute atomic E-state index is 10.9. The van der Waals surface area contributed by atoms with Crippen molar-refractivity contribution in [1.82, 2.24) is 10.2 Å². The minimum Gasteiger partial charge on any atom is -0.379 e. The maximum atomic E-state index is 10.9. The zero-order chi connectivity index (χ0) is 17.7. The third-order valence-electron chi connectivity index (χ3n) is 3.39. The van der Waals surface area contributed by atoms with Crippen LogP contribution in [0.2, 0.25) is 0 Å². The molecule has 2 heterocycles. The molecule has 1 aromatic heterocycles. The molecule has 0 aromatic carbocycles. The van der Waals surface area contributed by atoms with Crippen LogP contribution in [-0.4, -0.2) is 47.0 Å². The molecule has 1 fully saturated rings. The number of aromatic amines is 1. The fourth-order valence-electron chi connectivity index (χ4n) is 2.28. The highest BCUT2D eigenvalue weighted by Gasteiger charge is 2.29. The first-order chi connectivity index (χ1) is 11.3. The maximum Gasteiger partial charge on any atom is 0.309 e. The van der Waals surface area contributed by atoms with E-state index in [4.69, 9.17) is 19.1 Å². The second-order valence-electron chi connectivity index (χ2n) is 4.66. The summed E-state index contributed by atoms with van der Waals surface area (Å²) >= 11 is 0. The van der Waals surface area contributed by atoms with E-state index in [1.54, 1.807) is 0 Å². The van der Waals surface area contributed by atoms with Gasteiger partial charge in [0, 0.05) is 18.4 Å². The Labute approximate surface area is 124 Å². The molecule has 0 spiro atoms. The first-order valence-electron chi connectivity index (χ1n) is 7.80. The van der Waals surface area contributed by atoms with Crippen LogP contribution >= 0.6 is 0 Å². The van der Waals surface area contributed by atoms with Gasteiger partial charge in [-0.3, -0.25) is 15.2 Å². The fraction of sp³-hybridized carbons (Fsp3) is 0.727. The second-order valence-corrected chi connectivity index (χ2v) is 4.66. The molecule has 1 aliphatic heterocycles. The number of nitro groups is 1. The quantitative estimate of drug-likeness (QED) is 0.290. The first-order valence-corrected chi connectivity index (χ1v) is 6.30. The molecule has 0 bridgehead atoms. The van der Waals surface area contributed by atoms with Gasteiger partial charge in [0.25, 0.3) is 0 Å². The SMILES string of the molecule is [2H]C([2H])([2H])OC1COC(Cc2[nH]ncc2[N+](=O)[O-])CCC1N=[N+]=[N-]. The summed E-state index contributed by atoms with van der Waals surface area (Å²) in [4.78, 5) is 13.1. The summed E-state index contributed by atoms with van der Waals surface area (Å²) in [6.07, 6.45) is 0.786. The molecule has 114 valence electrons. The van der Waals surface area contributed by atoms with Crippen LogP contribution in [0.4, 0.5) is 5.69 Å². The van der Waals surface area contributed by atoms with E-state index in [0.717, 1.165) is 6.20 Å². The van der Waals surface area contributed by atoms with Crippen LogP contribution in [-0.2, 0) is 15.9 Å². The molecule has 1 saturated heterocycles. The number of H-pyrrole nitrogens is 1. The van der Waals surface area contributed by atoms with Gasteiger partial charge < -0.3 is 9.47 Å². The van der Waals surface area contributed by atoms with Gasteiger partial charge in [-0.25, -0.2) is 0 Å². The summed E-state index contributed by atoms with van der Waals surface area (Å²) in [6.45, 7) is -0.0886. The molecular formula is C11H16N6O4. The number of azide groups is 1. The van der Waals surface area contributed by atoms with Crippen LogP contribution < -0.4 is 0 Å². The van der Waals surface area contributed by atoms with Gasteiger partial charge in [0.1, 0.15) is 11.9 Å². The molecule has 21 heavy (non-hydrogen) atoms. The predicted molar refractivity (Wildman–Crippen MR) is 71.7 cm³/mol. The monoisotopic (exact) mass is 299 g/mol. The Morgan fingerprint density at radius 3 is 3.38 bits per heavy atom. The zero-order valence-electron chi connectivity index (χ0n) is 14.0. The molecule has 3 unspecified atom stereocenters. The lowest BCUT2D eigenvalue weighted by Crippen LogP contribution is -2.29. The van der Waals surface area contributed by atoms with Crippen molar-refractivity contribution < 1.29 is 18.5 Å². The van der Waals surface area contributed by atoms with E-state index in [2.05, 4.69) is 20.2 Å². The number of hydrogen-bond acceptors (Lipinski definition) is 6. The topological polar surface area (TPSA) is 139 Å². The minimum atomic E-state index is -2.64. The van der Waals surface area contributed by atoms with Crippen molar-refractivity contribution in [3.63, 3.8) is 0 Å². The molecule has 1 N–H and O–H groups in total. The molecule has 10 nitrogen and oxygen atoms in total. The van der Waals surface area contributed by atoms with Crippen molar-refractivity contribution in [2.75, 3.05) is 13.6 Å². The molecule has 2 rings (SSSR count). The van der Waals surface area contributed by atoms with Crippen molar-refractivity contribution in [3.8, 4) is 0 Å². The van der Waals surface area contributed by atoms with Crippen LogP contribution in [0.25, 0.3) is 10.4 Å². The molecule has 3 atom stereocenters. The molecular weight excluding hydrogens is 280 g/mol. The molecule has 0 saturated carbocycles. The van der Waals surface area contributed by atoms with Gasteiger partial charge in [-0.1, -0.05) is 5.11 Å². The molecule has 0 aliphatic carbocycles. The van der Waals surface area contributed by atoms with Crippen LogP contribution in [0.15, 0.2) is 11.3 Å². The zero-order valence-corrected chi connectivity index (χ0v) is 11.0. The molecule has 10 heteroatoms. The largest absolute Gasteiger partial charge is 0.379 e. The van der Waals surface area contributed by atoms with E-state index in [9.17, 15) is 10.1 Å². The lowest BCUT2D eigenvalue weighted by atomic mass is 10.0. The van der Waals surface area contributed by atoms with Crippen molar-refractivity contribution >= 4 is 5.69 Å².